The van der Waals surface area contributed by atoms with Crippen LogP contribution in [-0.4, -0.2) is 157 Å². The molecule has 0 spiro atoms. The van der Waals surface area contributed by atoms with E-state index in [1.54, 1.807) is 54.6 Å². The second-order valence-electron chi connectivity index (χ2n) is 21.9. The minimum Gasteiger partial charge on any atom is -0.496 e. The standard InChI is InChI=1S/C35H38N4O13S.C34H36N4O13S/c1-47-25-19-29(49-3)26(30(20-25)50-4)16-17-53(45,46)38-24-12-13-28(48-2)27(18-24)37-35(44)51-21-22-8-10-23(11-9-22)36-31(40)6-5-7-34(43)52-39-32(41)14-15-33(39)42;1-46-23-19-28(48-3)25(29(20-23)49-4)13-16-52(44,45)37-22-9-10-27(47-2)26(18-22)36-34(43)50-15-14-35-30(39)17-21-7-5-6-8-24(21)33(42)51-38-31(40)11-12-32(38)41/h8-13,16-20,38H,5-7,14-15,21H2,1-4H3,(H,36,40)(H,37,44);5-10,13,16,18-20,37H,11-12,14-15,17H2,1-4H3,(H,35,39)(H,36,43)/b17-16+;16-13+. The number of nitrogens with one attached hydrogen (secondary N) is 6. The number of imide groups is 2. The van der Waals surface area contributed by atoms with Crippen molar-refractivity contribution in [3.8, 4) is 46.0 Å². The maximum atomic E-state index is 13.0. The van der Waals surface area contributed by atoms with Gasteiger partial charge in [0.15, 0.2) is 0 Å². The van der Waals surface area contributed by atoms with Crippen molar-refractivity contribution in [1.29, 1.82) is 0 Å². The molecule has 2 aliphatic rings. The van der Waals surface area contributed by atoms with E-state index in [1.807, 2.05) is 0 Å². The van der Waals surface area contributed by atoms with Crippen LogP contribution in [0.1, 0.15) is 77.6 Å². The van der Waals surface area contributed by atoms with Gasteiger partial charge in [0.1, 0.15) is 59.2 Å². The van der Waals surface area contributed by atoms with E-state index in [4.69, 9.17) is 57.0 Å². The topological polar surface area (TPSA) is 428 Å². The summed E-state index contributed by atoms with van der Waals surface area (Å²) in [5.41, 5.74) is 2.46. The van der Waals surface area contributed by atoms with Crippen LogP contribution >= 0.6 is 0 Å². The zero-order valence-electron chi connectivity index (χ0n) is 57.8. The molecule has 6 aromatic carbocycles. The predicted molar refractivity (Wildman–Crippen MR) is 376 cm³/mol. The van der Waals surface area contributed by atoms with E-state index in [1.165, 1.54) is 124 Å². The number of nitrogens with zero attached hydrogens (tertiary/aromatic N) is 2. The predicted octanol–water partition coefficient (Wildman–Crippen LogP) is 7.86. The molecule has 36 heteroatoms. The first-order chi connectivity index (χ1) is 50.2. The van der Waals surface area contributed by atoms with E-state index in [-0.39, 0.29) is 122 Å². The molecular formula is C69H74N8O26S2. The Morgan fingerprint density at radius 3 is 1.36 bits per heavy atom. The number of hydroxylamine groups is 4. The first-order valence-corrected chi connectivity index (χ1v) is 34.4. The number of hydrogen-bond acceptors (Lipinski definition) is 26. The van der Waals surface area contributed by atoms with Crippen molar-refractivity contribution in [3.63, 3.8) is 0 Å². The summed E-state index contributed by atoms with van der Waals surface area (Å²) in [6.07, 6.45) is 0.399. The molecule has 0 aromatic heterocycles. The second-order valence-corrected chi connectivity index (χ2v) is 25.0. The van der Waals surface area contributed by atoms with E-state index >= 15 is 0 Å². The lowest BCUT2D eigenvalue weighted by molar-refractivity contribution is -0.197. The van der Waals surface area contributed by atoms with Crippen molar-refractivity contribution in [1.82, 2.24) is 15.4 Å². The van der Waals surface area contributed by atoms with E-state index in [0.29, 0.717) is 67.0 Å². The average molecular weight is 1500 g/mol. The van der Waals surface area contributed by atoms with Gasteiger partial charge in [0.2, 0.25) is 11.8 Å². The lowest BCUT2D eigenvalue weighted by Crippen LogP contribution is -2.33. The van der Waals surface area contributed by atoms with E-state index in [0.717, 1.165) is 10.8 Å². The molecule has 105 heavy (non-hydrogen) atoms. The van der Waals surface area contributed by atoms with Crippen LogP contribution in [0.3, 0.4) is 0 Å². The highest BCUT2D eigenvalue weighted by Gasteiger charge is 2.35. The fraction of sp³-hybridized carbons (Fsp3) is 0.275. The third-order valence-electron chi connectivity index (χ3n) is 14.7. The maximum Gasteiger partial charge on any atom is 0.412 e. The molecule has 0 unspecified atom stereocenters. The molecule has 34 nitrogen and oxygen atoms in total. The largest absolute Gasteiger partial charge is 0.496 e. The summed E-state index contributed by atoms with van der Waals surface area (Å²) in [5, 5.41) is 13.0. The van der Waals surface area contributed by atoms with Crippen molar-refractivity contribution >= 4 is 120 Å². The number of hydrogen-bond donors (Lipinski definition) is 6. The number of carbonyl (C=O) groups excluding carboxylic acids is 10. The Kier molecular flexibility index (Phi) is 28.8. The Labute approximate surface area is 602 Å². The number of benzene rings is 6. The van der Waals surface area contributed by atoms with Crippen molar-refractivity contribution < 1.29 is 122 Å². The minimum atomic E-state index is -4.08. The van der Waals surface area contributed by atoms with Crippen LogP contribution < -0.4 is 68.6 Å². The van der Waals surface area contributed by atoms with Crippen LogP contribution in [0.15, 0.2) is 120 Å². The third-order valence-corrected chi connectivity index (χ3v) is 16.8. The summed E-state index contributed by atoms with van der Waals surface area (Å²) < 4.78 is 110. The van der Waals surface area contributed by atoms with Gasteiger partial charge in [0, 0.05) is 68.5 Å². The maximum absolute atomic E-state index is 13.0. The van der Waals surface area contributed by atoms with Gasteiger partial charge in [-0.05, 0) is 84.3 Å². The molecule has 0 saturated carbocycles. The molecular weight excluding hydrogens is 1420 g/mol. The normalized spacial score (nSPS) is 12.6. The Hall–Kier alpha value is -12.6. The van der Waals surface area contributed by atoms with Gasteiger partial charge in [0.25, 0.3) is 43.7 Å². The molecule has 6 N–H and O–H groups in total. The quantitative estimate of drug-likeness (QED) is 0.0168. The Morgan fingerprint density at radius 2 is 0.905 bits per heavy atom. The molecule has 2 heterocycles. The Morgan fingerprint density at radius 1 is 0.467 bits per heavy atom. The zero-order chi connectivity index (χ0) is 76.4. The van der Waals surface area contributed by atoms with Crippen LogP contribution in [0, 0.1) is 0 Å². The second kappa shape index (κ2) is 37.9. The molecule has 0 bridgehead atoms. The number of amides is 8. The van der Waals surface area contributed by atoms with Crippen molar-refractivity contribution in [2.75, 3.05) is 95.4 Å². The third kappa shape index (κ3) is 23.5. The Bertz CT molecular complexity index is 4450. The van der Waals surface area contributed by atoms with Gasteiger partial charge in [0.05, 0.1) is 120 Å². The lowest BCUT2D eigenvalue weighted by atomic mass is 10.0. The fourth-order valence-corrected chi connectivity index (χ4v) is 11.3. The molecule has 0 aliphatic carbocycles. The van der Waals surface area contributed by atoms with E-state index in [9.17, 15) is 64.8 Å². The highest BCUT2D eigenvalue weighted by Crippen LogP contribution is 2.38. The SMILES string of the molecule is COc1cc(OC)c(/C=C/S(=O)(=O)Nc2ccc(OC)c(NC(=O)OCCNC(=O)Cc3ccccc3C(=O)ON3C(=O)CCC3=O)c2)c(OC)c1.COc1cc(OC)c(/C=C/S(=O)(=O)Nc2ccc(OC)c(NC(=O)OCc3ccc(NC(=O)CCCC(=O)ON4C(=O)CCC4=O)cc3)c2)c(OC)c1. The van der Waals surface area contributed by atoms with Gasteiger partial charge in [-0.15, -0.1) is 10.1 Å². The summed E-state index contributed by atoms with van der Waals surface area (Å²) in [6.45, 7) is -0.483. The molecule has 8 amide bonds. The molecule has 2 fully saturated rings. The number of anilines is 5. The summed E-state index contributed by atoms with van der Waals surface area (Å²) in [7, 11) is 3.23. The van der Waals surface area contributed by atoms with Crippen molar-refractivity contribution in [3.05, 3.63) is 148 Å². The van der Waals surface area contributed by atoms with E-state index < -0.39 is 73.7 Å². The summed E-state index contributed by atoms with van der Waals surface area (Å²) in [4.78, 5) is 131. The summed E-state index contributed by atoms with van der Waals surface area (Å²) >= 11 is 0. The molecule has 6 aromatic rings. The number of rotatable bonds is 33. The van der Waals surface area contributed by atoms with Crippen LogP contribution in [0.4, 0.5) is 38.0 Å². The van der Waals surface area contributed by atoms with Gasteiger partial charge >= 0.3 is 24.1 Å². The molecule has 8 rings (SSSR count). The lowest BCUT2D eigenvalue weighted by Gasteiger charge is -2.15. The fourth-order valence-electron chi connectivity index (χ4n) is 9.62. The van der Waals surface area contributed by atoms with Crippen molar-refractivity contribution in [2.24, 2.45) is 0 Å². The molecule has 0 atom stereocenters. The number of carbonyl (C=O) groups is 10. The molecule has 0 radical (unpaired) electrons. The van der Waals surface area contributed by atoms with Gasteiger partial charge in [-0.3, -0.25) is 48.8 Å². The average Bonchev–Trinajstić information content (AvgIpc) is 1.22. The van der Waals surface area contributed by atoms with Crippen LogP contribution in [0.5, 0.6) is 46.0 Å². The van der Waals surface area contributed by atoms with Crippen LogP contribution in [0.25, 0.3) is 12.2 Å². The molecule has 558 valence electrons. The number of sulfonamides is 2. The number of ether oxygens (including phenoxy) is 10. The van der Waals surface area contributed by atoms with E-state index in [2.05, 4.69) is 30.7 Å². The first-order valence-electron chi connectivity index (χ1n) is 31.4. The van der Waals surface area contributed by atoms with Crippen LogP contribution in [0.2, 0.25) is 0 Å². The molecule has 2 saturated heterocycles. The summed E-state index contributed by atoms with van der Waals surface area (Å²) in [5.74, 6) is -2.44. The van der Waals surface area contributed by atoms with Gasteiger partial charge in [-0.1, -0.05) is 30.3 Å². The molecule has 2 aliphatic heterocycles. The van der Waals surface area contributed by atoms with Crippen LogP contribution in [-0.2, 0) is 85.8 Å². The monoisotopic (exact) mass is 1490 g/mol. The van der Waals surface area contributed by atoms with Crippen molar-refractivity contribution in [2.45, 2.75) is 58.0 Å². The highest BCUT2D eigenvalue weighted by atomic mass is 32.2. The smallest absolute Gasteiger partial charge is 0.412 e. The first kappa shape index (κ1) is 79.7. The van der Waals surface area contributed by atoms with Gasteiger partial charge in [-0.2, -0.15) is 0 Å². The van der Waals surface area contributed by atoms with Gasteiger partial charge < -0.3 is 67.7 Å². The highest BCUT2D eigenvalue weighted by molar-refractivity contribution is 7.96. The minimum absolute atomic E-state index is 0.00651. The zero-order valence-corrected chi connectivity index (χ0v) is 59.4. The Balaban J connectivity index is 0.000000293. The summed E-state index contributed by atoms with van der Waals surface area (Å²) in [6, 6.07) is 27.3. The number of methoxy groups -OCH3 is 8. The van der Waals surface area contributed by atoms with Gasteiger partial charge in [-0.25, -0.2) is 36.0 Å².